The van der Waals surface area contributed by atoms with Crippen molar-refractivity contribution in [2.75, 3.05) is 11.1 Å². The zero-order chi connectivity index (χ0) is 20.9. The molecule has 0 fully saturated rings. The summed E-state index contributed by atoms with van der Waals surface area (Å²) < 4.78 is 45.4. The van der Waals surface area contributed by atoms with Gasteiger partial charge in [-0.25, -0.2) is 0 Å². The van der Waals surface area contributed by atoms with Gasteiger partial charge in [-0.1, -0.05) is 36.0 Å². The Hall–Kier alpha value is -3.01. The molecule has 0 spiro atoms. The maximum atomic E-state index is 12.8. The minimum atomic E-state index is -4.44. The lowest BCUT2D eigenvalue weighted by Gasteiger charge is -2.10. The number of halogens is 3. The van der Waals surface area contributed by atoms with Gasteiger partial charge < -0.3 is 14.6 Å². The van der Waals surface area contributed by atoms with Crippen LogP contribution in [0.4, 0.5) is 18.9 Å². The predicted octanol–water partition coefficient (Wildman–Crippen LogP) is 4.14. The lowest BCUT2D eigenvalue weighted by molar-refractivity contribution is -0.137. The summed E-state index contributed by atoms with van der Waals surface area (Å²) in [7, 11) is 1.70. The first-order chi connectivity index (χ1) is 13.8. The van der Waals surface area contributed by atoms with Gasteiger partial charge in [0.05, 0.1) is 11.3 Å². The van der Waals surface area contributed by atoms with Crippen LogP contribution in [0.25, 0.3) is 0 Å². The topological polar surface area (TPSA) is 69.0 Å². The summed E-state index contributed by atoms with van der Waals surface area (Å²) in [5.74, 6) is 0.452. The highest BCUT2D eigenvalue weighted by molar-refractivity contribution is 7.99. The summed E-state index contributed by atoms with van der Waals surface area (Å²) in [6.07, 6.45) is -4.44. The second-order valence-electron chi connectivity index (χ2n) is 5.97. The highest BCUT2D eigenvalue weighted by Crippen LogP contribution is 2.31. The number of carbonyl (C=O) groups excluding carboxylic acids is 1. The van der Waals surface area contributed by atoms with Crippen LogP contribution in [-0.4, -0.2) is 26.4 Å². The molecule has 152 valence electrons. The standard InChI is InChI=1S/C19H17F3N4O2S/c1-26-16(11-28-15-9-5-6-13(10-15)19(20,21)22)24-25-18(26)29-12-17(27)23-14-7-3-2-4-8-14/h2-10H,11-12H2,1H3,(H,23,27). The molecule has 0 saturated carbocycles. The molecule has 0 bridgehead atoms. The Kier molecular flexibility index (Phi) is 6.42. The minimum Gasteiger partial charge on any atom is -0.486 e. The number of thioether (sulfide) groups is 1. The van der Waals surface area contributed by atoms with Gasteiger partial charge in [-0.3, -0.25) is 4.79 Å². The smallest absolute Gasteiger partial charge is 0.416 e. The molecule has 0 atom stereocenters. The van der Waals surface area contributed by atoms with Gasteiger partial charge in [0.2, 0.25) is 5.91 Å². The summed E-state index contributed by atoms with van der Waals surface area (Å²) in [6, 6.07) is 13.7. The fourth-order valence-corrected chi connectivity index (χ4v) is 3.09. The minimum absolute atomic E-state index is 0.0540. The number of para-hydroxylation sites is 1. The van der Waals surface area contributed by atoms with E-state index in [1.165, 1.54) is 23.9 Å². The Bertz CT molecular complexity index is 977. The van der Waals surface area contributed by atoms with E-state index >= 15 is 0 Å². The maximum Gasteiger partial charge on any atom is 0.416 e. The molecule has 0 radical (unpaired) electrons. The van der Waals surface area contributed by atoms with Crippen LogP contribution in [0.3, 0.4) is 0 Å². The van der Waals surface area contributed by atoms with Crippen LogP contribution in [0.15, 0.2) is 59.8 Å². The van der Waals surface area contributed by atoms with E-state index < -0.39 is 11.7 Å². The third-order valence-electron chi connectivity index (χ3n) is 3.84. The van der Waals surface area contributed by atoms with E-state index in [-0.39, 0.29) is 24.0 Å². The normalized spacial score (nSPS) is 11.3. The van der Waals surface area contributed by atoms with Crippen LogP contribution >= 0.6 is 11.8 Å². The molecule has 2 aromatic carbocycles. The number of ether oxygens (including phenoxy) is 1. The van der Waals surface area contributed by atoms with E-state index in [9.17, 15) is 18.0 Å². The van der Waals surface area contributed by atoms with E-state index in [0.717, 1.165) is 12.1 Å². The van der Waals surface area contributed by atoms with E-state index in [2.05, 4.69) is 15.5 Å². The molecule has 10 heteroatoms. The highest BCUT2D eigenvalue weighted by Gasteiger charge is 2.30. The van der Waals surface area contributed by atoms with E-state index in [0.29, 0.717) is 16.7 Å². The number of amides is 1. The average Bonchev–Trinajstić information content (AvgIpc) is 3.05. The van der Waals surface area contributed by atoms with Crippen molar-refractivity contribution in [1.82, 2.24) is 14.8 Å². The first-order valence-corrected chi connectivity index (χ1v) is 9.47. The SMILES string of the molecule is Cn1c(COc2cccc(C(F)(F)F)c2)nnc1SCC(=O)Nc1ccccc1. The molecule has 1 N–H and O–H groups in total. The number of alkyl halides is 3. The zero-order valence-electron chi connectivity index (χ0n) is 15.3. The number of hydrogen-bond donors (Lipinski definition) is 1. The first kappa shape index (κ1) is 20.7. The molecule has 0 unspecified atom stereocenters. The summed E-state index contributed by atoms with van der Waals surface area (Å²) >= 11 is 1.20. The number of benzene rings is 2. The zero-order valence-corrected chi connectivity index (χ0v) is 16.1. The number of carbonyl (C=O) groups is 1. The Labute approximate surface area is 169 Å². The van der Waals surface area contributed by atoms with Gasteiger partial charge in [-0.2, -0.15) is 13.2 Å². The predicted molar refractivity (Wildman–Crippen MR) is 103 cm³/mol. The fourth-order valence-electron chi connectivity index (χ4n) is 2.36. The van der Waals surface area contributed by atoms with Gasteiger partial charge in [0, 0.05) is 12.7 Å². The van der Waals surface area contributed by atoms with Crippen molar-refractivity contribution in [2.45, 2.75) is 17.9 Å². The summed E-state index contributed by atoms with van der Waals surface area (Å²) in [5.41, 5.74) is -0.0834. The molecular formula is C19H17F3N4O2S. The molecular weight excluding hydrogens is 405 g/mol. The lowest BCUT2D eigenvalue weighted by atomic mass is 10.2. The van der Waals surface area contributed by atoms with E-state index in [1.54, 1.807) is 23.7 Å². The third-order valence-corrected chi connectivity index (χ3v) is 4.86. The Balaban J connectivity index is 1.55. The second-order valence-corrected chi connectivity index (χ2v) is 6.92. The van der Waals surface area contributed by atoms with Crippen LogP contribution < -0.4 is 10.1 Å². The highest BCUT2D eigenvalue weighted by atomic mass is 32.2. The summed E-state index contributed by atoms with van der Waals surface area (Å²) in [5, 5.41) is 11.2. The van der Waals surface area contributed by atoms with Gasteiger partial charge >= 0.3 is 6.18 Å². The van der Waals surface area contributed by atoms with Gasteiger partial charge in [0.15, 0.2) is 11.0 Å². The number of rotatable bonds is 7. The summed E-state index contributed by atoms with van der Waals surface area (Å²) in [4.78, 5) is 12.0. The van der Waals surface area contributed by atoms with E-state index in [1.807, 2.05) is 18.2 Å². The molecule has 3 aromatic rings. The van der Waals surface area contributed by atoms with Gasteiger partial charge in [-0.05, 0) is 30.3 Å². The molecule has 1 heterocycles. The lowest BCUT2D eigenvalue weighted by Crippen LogP contribution is -2.14. The van der Waals surface area contributed by atoms with Crippen molar-refractivity contribution in [3.63, 3.8) is 0 Å². The third kappa shape index (κ3) is 5.74. The first-order valence-electron chi connectivity index (χ1n) is 8.49. The van der Waals surface area contributed by atoms with Crippen molar-refractivity contribution < 1.29 is 22.7 Å². The fraction of sp³-hybridized carbons (Fsp3) is 0.211. The average molecular weight is 422 g/mol. The monoisotopic (exact) mass is 422 g/mol. The van der Waals surface area contributed by atoms with Gasteiger partial charge in [-0.15, -0.1) is 10.2 Å². The molecule has 3 rings (SSSR count). The van der Waals surface area contributed by atoms with Crippen molar-refractivity contribution in [2.24, 2.45) is 7.05 Å². The molecule has 0 aliphatic heterocycles. The molecule has 0 aliphatic carbocycles. The number of nitrogens with zero attached hydrogens (tertiary/aromatic N) is 3. The Morgan fingerprint density at radius 1 is 1.14 bits per heavy atom. The Morgan fingerprint density at radius 2 is 1.90 bits per heavy atom. The quantitative estimate of drug-likeness (QED) is 0.580. The van der Waals surface area contributed by atoms with Crippen LogP contribution in [0.1, 0.15) is 11.4 Å². The number of nitrogens with one attached hydrogen (secondary N) is 1. The van der Waals surface area contributed by atoms with Crippen LogP contribution in [0.5, 0.6) is 5.75 Å². The molecule has 1 amide bonds. The Morgan fingerprint density at radius 3 is 2.62 bits per heavy atom. The van der Waals surface area contributed by atoms with Crippen molar-refractivity contribution in [3.05, 3.63) is 66.0 Å². The van der Waals surface area contributed by atoms with Crippen LogP contribution in [0, 0.1) is 0 Å². The molecule has 0 aliphatic rings. The van der Waals surface area contributed by atoms with Crippen molar-refractivity contribution in [3.8, 4) is 5.75 Å². The van der Waals surface area contributed by atoms with Crippen molar-refractivity contribution in [1.29, 1.82) is 0 Å². The van der Waals surface area contributed by atoms with Gasteiger partial charge in [0.1, 0.15) is 12.4 Å². The number of aromatic nitrogens is 3. The van der Waals surface area contributed by atoms with Gasteiger partial charge in [0.25, 0.3) is 0 Å². The largest absolute Gasteiger partial charge is 0.486 e. The maximum absolute atomic E-state index is 12.8. The number of anilines is 1. The van der Waals surface area contributed by atoms with Crippen LogP contribution in [0.2, 0.25) is 0 Å². The molecule has 6 nitrogen and oxygen atoms in total. The number of hydrogen-bond acceptors (Lipinski definition) is 5. The summed E-state index contributed by atoms with van der Waals surface area (Å²) in [6.45, 7) is -0.0540. The van der Waals surface area contributed by atoms with Crippen molar-refractivity contribution >= 4 is 23.4 Å². The molecule has 29 heavy (non-hydrogen) atoms. The molecule has 1 aromatic heterocycles. The van der Waals surface area contributed by atoms with E-state index in [4.69, 9.17) is 4.74 Å². The van der Waals surface area contributed by atoms with Crippen LogP contribution in [-0.2, 0) is 24.6 Å². The molecule has 0 saturated heterocycles. The second kappa shape index (κ2) is 8.99.